The Morgan fingerprint density at radius 3 is 2.21 bits per heavy atom. The van der Waals surface area contributed by atoms with Gasteiger partial charge in [0.15, 0.2) is 0 Å². The summed E-state index contributed by atoms with van der Waals surface area (Å²) in [5, 5.41) is 3.10. The van der Waals surface area contributed by atoms with Gasteiger partial charge in [-0.25, -0.2) is 0 Å². The number of amides is 1. The number of halogens is 1. The fourth-order valence-corrected chi connectivity index (χ4v) is 5.09. The Kier molecular flexibility index (Phi) is 3.57. The number of nitrogens with one attached hydrogen (secondary N) is 1. The fraction of sp³-hybridized carbons (Fsp3) is 0.938. The van der Waals surface area contributed by atoms with Crippen LogP contribution in [0.25, 0.3) is 0 Å². The number of rotatable bonds is 5. The predicted molar refractivity (Wildman–Crippen MR) is 73.4 cm³/mol. The van der Waals surface area contributed by atoms with Crippen molar-refractivity contribution in [2.45, 2.75) is 51.9 Å². The summed E-state index contributed by atoms with van der Waals surface area (Å²) >= 11 is 0. The van der Waals surface area contributed by atoms with Gasteiger partial charge >= 0.3 is 0 Å². The van der Waals surface area contributed by atoms with Crippen LogP contribution < -0.4 is 5.32 Å². The summed E-state index contributed by atoms with van der Waals surface area (Å²) in [5.74, 6) is 2.76. The quantitative estimate of drug-likeness (QED) is 0.813. The molecule has 0 spiro atoms. The van der Waals surface area contributed by atoms with Crippen molar-refractivity contribution >= 4 is 5.91 Å². The van der Waals surface area contributed by atoms with Gasteiger partial charge in [0.25, 0.3) is 0 Å². The van der Waals surface area contributed by atoms with E-state index in [2.05, 4.69) is 5.32 Å². The average molecular weight is 267 g/mol. The van der Waals surface area contributed by atoms with Crippen LogP contribution in [0.5, 0.6) is 0 Å². The van der Waals surface area contributed by atoms with Crippen LogP contribution >= 0.6 is 0 Å². The predicted octanol–water partition coefficient (Wildman–Crippen LogP) is 3.31. The molecule has 1 atom stereocenters. The van der Waals surface area contributed by atoms with Crippen LogP contribution in [0.3, 0.4) is 0 Å². The maximum atomic E-state index is 12.6. The van der Waals surface area contributed by atoms with E-state index in [0.29, 0.717) is 6.54 Å². The van der Waals surface area contributed by atoms with Gasteiger partial charge in [-0.1, -0.05) is 6.92 Å². The van der Waals surface area contributed by atoms with E-state index in [0.717, 1.165) is 43.4 Å². The second-order valence-electron chi connectivity index (χ2n) is 7.50. The molecular weight excluding hydrogens is 241 g/mol. The average Bonchev–Trinajstić information content (AvgIpc) is 2.36. The number of alkyl halides is 1. The first-order valence-corrected chi connectivity index (χ1v) is 7.95. The zero-order valence-electron chi connectivity index (χ0n) is 12.0. The van der Waals surface area contributed by atoms with Gasteiger partial charge in [0.1, 0.15) is 0 Å². The number of carbonyl (C=O) groups excluding carboxylic acids is 1. The van der Waals surface area contributed by atoms with Crippen LogP contribution in [0, 0.1) is 29.1 Å². The highest BCUT2D eigenvalue weighted by molar-refractivity contribution is 5.83. The molecule has 0 heterocycles. The second-order valence-corrected chi connectivity index (χ2v) is 7.50. The van der Waals surface area contributed by atoms with Gasteiger partial charge in [0, 0.05) is 12.0 Å². The lowest BCUT2D eigenvalue weighted by atomic mass is 9.49. The van der Waals surface area contributed by atoms with Gasteiger partial charge in [-0.05, 0) is 68.6 Å². The third-order valence-corrected chi connectivity index (χ3v) is 5.71. The van der Waals surface area contributed by atoms with Gasteiger partial charge in [0.2, 0.25) is 5.91 Å². The van der Waals surface area contributed by atoms with Crippen molar-refractivity contribution in [3.63, 3.8) is 0 Å². The van der Waals surface area contributed by atoms with Crippen LogP contribution in [-0.2, 0) is 4.79 Å². The van der Waals surface area contributed by atoms with E-state index >= 15 is 0 Å². The number of hydrogen-bond acceptors (Lipinski definition) is 1. The highest BCUT2D eigenvalue weighted by atomic mass is 19.1. The Bertz CT molecular complexity index is 319. The van der Waals surface area contributed by atoms with E-state index in [4.69, 9.17) is 0 Å². The molecule has 0 aliphatic heterocycles. The van der Waals surface area contributed by atoms with Crippen molar-refractivity contribution in [2.24, 2.45) is 29.1 Å². The lowest BCUT2D eigenvalue weighted by Crippen LogP contribution is -2.53. The van der Waals surface area contributed by atoms with E-state index in [9.17, 15) is 9.18 Å². The molecule has 0 saturated heterocycles. The summed E-state index contributed by atoms with van der Waals surface area (Å²) in [6, 6.07) is 0. The van der Waals surface area contributed by atoms with Crippen LogP contribution in [0.2, 0.25) is 0 Å². The van der Waals surface area contributed by atoms with Crippen LogP contribution in [0.1, 0.15) is 51.9 Å². The van der Waals surface area contributed by atoms with Crippen LogP contribution in [0.4, 0.5) is 4.39 Å². The molecule has 1 unspecified atom stereocenters. The number of carbonyl (C=O) groups is 1. The normalized spacial score (nSPS) is 41.3. The molecule has 4 bridgehead atoms. The first kappa shape index (κ1) is 13.4. The summed E-state index contributed by atoms with van der Waals surface area (Å²) in [6.07, 6.45) is 8.20. The fourth-order valence-electron chi connectivity index (χ4n) is 5.09. The Hall–Kier alpha value is -0.600. The maximum absolute atomic E-state index is 12.6. The molecule has 19 heavy (non-hydrogen) atoms. The molecule has 108 valence electrons. The Balaban J connectivity index is 1.57. The molecule has 1 N–H and O–H groups in total. The van der Waals surface area contributed by atoms with E-state index in [1.54, 1.807) is 0 Å². The maximum Gasteiger partial charge on any atom is 0.226 e. The van der Waals surface area contributed by atoms with Crippen molar-refractivity contribution in [3.8, 4) is 0 Å². The molecule has 4 aliphatic rings. The van der Waals surface area contributed by atoms with Crippen molar-refractivity contribution in [1.29, 1.82) is 0 Å². The van der Waals surface area contributed by atoms with Gasteiger partial charge in [0.05, 0.1) is 6.67 Å². The van der Waals surface area contributed by atoms with Crippen LogP contribution in [-0.4, -0.2) is 19.1 Å². The summed E-state index contributed by atoms with van der Waals surface area (Å²) in [4.78, 5) is 12.6. The second kappa shape index (κ2) is 5.06. The van der Waals surface area contributed by atoms with Crippen molar-refractivity contribution < 1.29 is 9.18 Å². The topological polar surface area (TPSA) is 29.1 Å². The minimum absolute atomic E-state index is 0.0479. The molecule has 0 aromatic rings. The molecule has 4 saturated carbocycles. The summed E-state index contributed by atoms with van der Waals surface area (Å²) in [6.45, 7) is 2.26. The highest BCUT2D eigenvalue weighted by Gasteiger charge is 2.54. The molecule has 3 heteroatoms. The van der Waals surface area contributed by atoms with Gasteiger partial charge < -0.3 is 5.32 Å². The molecule has 0 aromatic carbocycles. The minimum atomic E-state index is -0.284. The van der Waals surface area contributed by atoms with E-state index in [1.807, 2.05) is 6.92 Å². The largest absolute Gasteiger partial charge is 0.356 e. The molecule has 4 aliphatic carbocycles. The third-order valence-electron chi connectivity index (χ3n) is 5.71. The van der Waals surface area contributed by atoms with E-state index in [1.165, 1.54) is 19.3 Å². The highest BCUT2D eigenvalue weighted by Crippen LogP contribution is 2.60. The Morgan fingerprint density at radius 2 is 1.74 bits per heavy atom. The SMILES string of the molecule is CC(CF)CCNC(=O)C12CC3CC(CC(C3)C1)C2. The molecular formula is C16H26FNO. The van der Waals surface area contributed by atoms with Gasteiger partial charge in [-0.3, -0.25) is 9.18 Å². The molecule has 2 nitrogen and oxygen atoms in total. The molecule has 0 radical (unpaired) electrons. The first-order valence-electron chi connectivity index (χ1n) is 7.95. The summed E-state index contributed by atoms with van der Waals surface area (Å²) in [7, 11) is 0. The minimum Gasteiger partial charge on any atom is -0.356 e. The standard InChI is InChI=1S/C16H26FNO/c1-11(10-17)2-3-18-15(19)16-7-12-4-13(8-16)6-14(5-12)9-16/h11-14H,2-10H2,1H3,(H,18,19). The lowest BCUT2D eigenvalue weighted by molar-refractivity contribution is -0.146. The van der Waals surface area contributed by atoms with E-state index < -0.39 is 0 Å². The van der Waals surface area contributed by atoms with Crippen LogP contribution in [0.15, 0.2) is 0 Å². The monoisotopic (exact) mass is 267 g/mol. The smallest absolute Gasteiger partial charge is 0.226 e. The molecule has 0 aromatic heterocycles. The zero-order chi connectivity index (χ0) is 13.5. The number of hydrogen-bond donors (Lipinski definition) is 1. The van der Waals surface area contributed by atoms with Crippen molar-refractivity contribution in [3.05, 3.63) is 0 Å². The Labute approximate surface area is 115 Å². The Morgan fingerprint density at radius 1 is 1.21 bits per heavy atom. The van der Waals surface area contributed by atoms with Crippen molar-refractivity contribution in [2.75, 3.05) is 13.2 Å². The molecule has 1 amide bonds. The zero-order valence-corrected chi connectivity index (χ0v) is 12.0. The first-order chi connectivity index (χ1) is 9.11. The third kappa shape index (κ3) is 2.53. The van der Waals surface area contributed by atoms with E-state index in [-0.39, 0.29) is 23.9 Å². The lowest BCUT2D eigenvalue weighted by Gasteiger charge is -2.55. The summed E-state index contributed by atoms with van der Waals surface area (Å²) < 4.78 is 12.4. The molecule has 4 fully saturated rings. The van der Waals surface area contributed by atoms with Gasteiger partial charge in [-0.15, -0.1) is 0 Å². The van der Waals surface area contributed by atoms with Gasteiger partial charge in [-0.2, -0.15) is 0 Å². The summed E-state index contributed by atoms with van der Waals surface area (Å²) in [5.41, 5.74) is -0.0479. The van der Waals surface area contributed by atoms with Crippen molar-refractivity contribution in [1.82, 2.24) is 5.32 Å². The molecule has 4 rings (SSSR count).